The van der Waals surface area contributed by atoms with E-state index in [0.717, 1.165) is 5.46 Å². The molecule has 0 radical (unpaired) electrons. The highest BCUT2D eigenvalue weighted by Crippen LogP contribution is 2.24. The van der Waals surface area contributed by atoms with E-state index in [0.29, 0.717) is 16.5 Å². The van der Waals surface area contributed by atoms with E-state index in [-0.39, 0.29) is 17.7 Å². The number of anilines is 1. The Morgan fingerprint density at radius 1 is 1.23 bits per heavy atom. The molecule has 136 valence electrons. The van der Waals surface area contributed by atoms with Crippen molar-refractivity contribution in [2.24, 2.45) is 0 Å². The lowest BCUT2D eigenvalue weighted by Gasteiger charge is -2.14. The Kier molecular flexibility index (Phi) is 6.66. The summed E-state index contributed by atoms with van der Waals surface area (Å²) in [4.78, 5) is 24.9. The highest BCUT2D eigenvalue weighted by Gasteiger charge is 2.18. The van der Waals surface area contributed by atoms with Crippen molar-refractivity contribution in [1.29, 1.82) is 0 Å². The summed E-state index contributed by atoms with van der Waals surface area (Å²) < 4.78 is 5.23. The molecule has 26 heavy (non-hydrogen) atoms. The van der Waals surface area contributed by atoms with Gasteiger partial charge in [-0.1, -0.05) is 23.1 Å². The van der Waals surface area contributed by atoms with Gasteiger partial charge in [0.15, 0.2) is 0 Å². The van der Waals surface area contributed by atoms with Gasteiger partial charge >= 0.3 is 0 Å². The Morgan fingerprint density at radius 3 is 2.58 bits per heavy atom. The molecule has 0 bridgehead atoms. The molecule has 1 unspecified atom stereocenters. The van der Waals surface area contributed by atoms with Gasteiger partial charge in [0.2, 0.25) is 0 Å². The predicted octanol–water partition coefficient (Wildman–Crippen LogP) is 0.970. The molecule has 0 saturated carbocycles. The molecule has 2 aromatic carbocycles. The third kappa shape index (κ3) is 4.77. The number of amides is 2. The van der Waals surface area contributed by atoms with Gasteiger partial charge in [0.05, 0.1) is 30.0 Å². The minimum atomic E-state index is -0.447. The molecule has 0 aliphatic carbocycles. The molecule has 0 heterocycles. The number of halogens is 1. The number of benzene rings is 2. The van der Waals surface area contributed by atoms with E-state index >= 15 is 0 Å². The summed E-state index contributed by atoms with van der Waals surface area (Å²) in [6.45, 7) is 1.50. The van der Waals surface area contributed by atoms with Crippen molar-refractivity contribution < 1.29 is 19.4 Å². The first-order chi connectivity index (χ1) is 12.3. The fourth-order valence-electron chi connectivity index (χ4n) is 2.29. The van der Waals surface area contributed by atoms with Gasteiger partial charge in [-0.15, -0.1) is 0 Å². The molecule has 6 nitrogen and oxygen atoms in total. The second kappa shape index (κ2) is 8.73. The number of nitrogens with one attached hydrogen (secondary N) is 2. The van der Waals surface area contributed by atoms with Crippen LogP contribution >= 0.6 is 11.6 Å². The molecule has 2 amide bonds. The fraction of sp³-hybridized carbons (Fsp3) is 0.222. The number of hydrogen-bond acceptors (Lipinski definition) is 4. The highest BCUT2D eigenvalue weighted by atomic mass is 35.5. The van der Waals surface area contributed by atoms with Gasteiger partial charge < -0.3 is 20.5 Å². The zero-order chi connectivity index (χ0) is 19.3. The van der Waals surface area contributed by atoms with E-state index in [2.05, 4.69) is 10.6 Å². The van der Waals surface area contributed by atoms with Gasteiger partial charge in [-0.25, -0.2) is 0 Å². The van der Waals surface area contributed by atoms with Crippen LogP contribution in [-0.4, -0.2) is 44.5 Å². The van der Waals surface area contributed by atoms with Crippen LogP contribution in [0, 0.1) is 0 Å². The summed E-state index contributed by atoms with van der Waals surface area (Å²) in [6, 6.07) is 9.43. The zero-order valence-electron chi connectivity index (χ0n) is 14.8. The molecule has 0 aromatic heterocycles. The van der Waals surface area contributed by atoms with E-state index < -0.39 is 17.9 Å². The van der Waals surface area contributed by atoms with Gasteiger partial charge in [0, 0.05) is 11.6 Å². The Hall–Kier alpha value is -2.51. The largest absolute Gasteiger partial charge is 0.496 e. The first kappa shape index (κ1) is 19.8. The second-order valence-corrected chi connectivity index (χ2v) is 6.32. The smallest absolute Gasteiger partial charge is 0.259 e. The molecule has 2 rings (SSSR count). The summed E-state index contributed by atoms with van der Waals surface area (Å²) in [6.07, 6.45) is 0. The minimum Gasteiger partial charge on any atom is -0.496 e. The summed E-state index contributed by atoms with van der Waals surface area (Å²) >= 11 is 6.16. The number of aliphatic hydroxyl groups excluding tert-OH is 1. The zero-order valence-corrected chi connectivity index (χ0v) is 15.6. The molecule has 0 saturated heterocycles. The van der Waals surface area contributed by atoms with Crippen LogP contribution < -0.4 is 20.8 Å². The van der Waals surface area contributed by atoms with Gasteiger partial charge in [0.1, 0.15) is 13.6 Å². The molecular formula is C18H20BClN2O4. The Morgan fingerprint density at radius 2 is 1.96 bits per heavy atom. The van der Waals surface area contributed by atoms with Crippen LogP contribution in [0.4, 0.5) is 5.69 Å². The van der Waals surface area contributed by atoms with Gasteiger partial charge in [-0.2, -0.15) is 0 Å². The normalized spacial score (nSPS) is 11.5. The van der Waals surface area contributed by atoms with Crippen LogP contribution in [0.2, 0.25) is 5.02 Å². The van der Waals surface area contributed by atoms with Gasteiger partial charge in [-0.3, -0.25) is 9.59 Å². The third-order valence-corrected chi connectivity index (χ3v) is 4.04. The monoisotopic (exact) mass is 374 g/mol. The van der Waals surface area contributed by atoms with Crippen molar-refractivity contribution in [3.05, 3.63) is 52.5 Å². The molecule has 0 aliphatic heterocycles. The molecule has 8 heteroatoms. The number of methoxy groups -OCH3 is 1. The number of carbonyl (C=O) groups is 2. The summed E-state index contributed by atoms with van der Waals surface area (Å²) in [5.74, 6) is -0.508. The average Bonchev–Trinajstić information content (AvgIpc) is 2.63. The predicted molar refractivity (Wildman–Crippen MR) is 105 cm³/mol. The number of hydrogen-bond donors (Lipinski definition) is 3. The molecule has 0 fully saturated rings. The summed E-state index contributed by atoms with van der Waals surface area (Å²) in [5.41, 5.74) is 1.93. The van der Waals surface area contributed by atoms with Crippen molar-refractivity contribution in [3.8, 4) is 5.75 Å². The maximum atomic E-state index is 12.7. The van der Waals surface area contributed by atoms with Crippen molar-refractivity contribution in [2.75, 3.05) is 19.0 Å². The van der Waals surface area contributed by atoms with E-state index in [1.54, 1.807) is 31.2 Å². The maximum Gasteiger partial charge on any atom is 0.259 e. The van der Waals surface area contributed by atoms with Crippen LogP contribution in [0.1, 0.15) is 27.6 Å². The lowest BCUT2D eigenvalue weighted by atomic mass is 9.96. The van der Waals surface area contributed by atoms with Crippen molar-refractivity contribution in [3.63, 3.8) is 0 Å². The van der Waals surface area contributed by atoms with E-state index in [9.17, 15) is 9.59 Å². The van der Waals surface area contributed by atoms with E-state index in [1.807, 2.05) is 13.9 Å². The van der Waals surface area contributed by atoms with Gasteiger partial charge in [0.25, 0.3) is 11.8 Å². The second-order valence-electron chi connectivity index (χ2n) is 5.91. The lowest BCUT2D eigenvalue weighted by Crippen LogP contribution is -2.35. The number of rotatable bonds is 6. The Balaban J connectivity index is 2.29. The van der Waals surface area contributed by atoms with Gasteiger partial charge in [-0.05, 0) is 37.3 Å². The van der Waals surface area contributed by atoms with Crippen LogP contribution in [0.15, 0.2) is 36.4 Å². The quantitative estimate of drug-likeness (QED) is 0.658. The molecule has 0 aliphatic rings. The lowest BCUT2D eigenvalue weighted by molar-refractivity contribution is 0.0922. The topological polar surface area (TPSA) is 87.7 Å². The van der Waals surface area contributed by atoms with Crippen LogP contribution in [0.5, 0.6) is 5.75 Å². The van der Waals surface area contributed by atoms with Crippen molar-refractivity contribution in [2.45, 2.75) is 13.0 Å². The summed E-state index contributed by atoms with van der Waals surface area (Å²) in [5, 5.41) is 14.8. The minimum absolute atomic E-state index is 0.179. The maximum absolute atomic E-state index is 12.7. The number of aliphatic hydroxyl groups is 1. The first-order valence-corrected chi connectivity index (χ1v) is 8.40. The average molecular weight is 375 g/mol. The van der Waals surface area contributed by atoms with E-state index in [4.69, 9.17) is 21.4 Å². The van der Waals surface area contributed by atoms with Crippen LogP contribution in [-0.2, 0) is 0 Å². The standard InChI is InChI=1S/C18H20BClN2O4/c1-10(9-23)21-17(24)11-3-6-16(26-2)13(7-11)18(25)22-15-5-4-12(19)8-14(15)20/h3-8,10,23H,9,19H2,1-2H3,(H,21,24)(H,22,25). The number of carbonyl (C=O) groups excluding carboxylic acids is 2. The highest BCUT2D eigenvalue weighted by molar-refractivity contribution is 6.38. The first-order valence-electron chi connectivity index (χ1n) is 8.03. The molecule has 1 atom stereocenters. The molecule has 0 spiro atoms. The third-order valence-electron chi connectivity index (χ3n) is 3.73. The number of ether oxygens (including phenoxy) is 1. The molecular weight excluding hydrogens is 354 g/mol. The SMILES string of the molecule is Bc1ccc(NC(=O)c2cc(C(=O)NC(C)CO)ccc2OC)c(Cl)c1. The Labute approximate surface area is 157 Å². The Bertz CT molecular complexity index is 829. The van der Waals surface area contributed by atoms with Crippen LogP contribution in [0.25, 0.3) is 0 Å². The fourth-order valence-corrected chi connectivity index (χ4v) is 2.57. The van der Waals surface area contributed by atoms with E-state index in [1.165, 1.54) is 13.2 Å². The molecule has 2 aromatic rings. The van der Waals surface area contributed by atoms with Crippen molar-refractivity contribution >= 4 is 42.4 Å². The van der Waals surface area contributed by atoms with Crippen molar-refractivity contribution in [1.82, 2.24) is 5.32 Å². The van der Waals surface area contributed by atoms with Crippen LogP contribution in [0.3, 0.4) is 0 Å². The molecule has 3 N–H and O–H groups in total. The summed E-state index contributed by atoms with van der Waals surface area (Å²) in [7, 11) is 3.34.